The maximum atomic E-state index is 13.8. The number of para-hydroxylation sites is 1. The van der Waals surface area contributed by atoms with E-state index in [0.29, 0.717) is 26.6 Å². The average Bonchev–Trinajstić information content (AvgIpc) is 3.44. The molecule has 6 rings (SSSR count). The smallest absolute Gasteiger partial charge is 0.271 e. The molecule has 7 heteroatoms. The number of rotatable bonds is 4. The highest BCUT2D eigenvalue weighted by molar-refractivity contribution is 7.07. The summed E-state index contributed by atoms with van der Waals surface area (Å²) in [6, 6.07) is 17.6. The number of nitrogens with zero attached hydrogens (tertiary/aromatic N) is 2. The van der Waals surface area contributed by atoms with Crippen molar-refractivity contribution in [3.8, 4) is 11.5 Å². The van der Waals surface area contributed by atoms with Gasteiger partial charge in [-0.15, -0.1) is 0 Å². The largest absolute Gasteiger partial charge is 0.493 e. The lowest BCUT2D eigenvalue weighted by Crippen LogP contribution is -2.39. The normalized spacial score (nSPS) is 16.9. The number of ether oxygens (including phenoxy) is 2. The lowest BCUT2D eigenvalue weighted by molar-refractivity contribution is 0.348. The van der Waals surface area contributed by atoms with Crippen LogP contribution in [-0.4, -0.2) is 18.8 Å². The van der Waals surface area contributed by atoms with Crippen molar-refractivity contribution in [3.05, 3.63) is 108 Å². The van der Waals surface area contributed by atoms with Gasteiger partial charge in [0.05, 0.1) is 30.5 Å². The van der Waals surface area contributed by atoms with Crippen LogP contribution >= 0.6 is 11.3 Å². The topological polar surface area (TPSA) is 66.0 Å². The van der Waals surface area contributed by atoms with Gasteiger partial charge < -0.3 is 13.9 Å². The molecular formula is C28H24N2O4S. The molecule has 0 N–H and O–H groups in total. The summed E-state index contributed by atoms with van der Waals surface area (Å²) in [5.41, 5.74) is 5.25. The molecule has 176 valence electrons. The lowest BCUT2D eigenvalue weighted by Gasteiger charge is -2.31. The quantitative estimate of drug-likeness (QED) is 0.435. The van der Waals surface area contributed by atoms with Gasteiger partial charge in [-0.05, 0) is 49.1 Å². The van der Waals surface area contributed by atoms with E-state index in [-0.39, 0.29) is 11.6 Å². The molecule has 0 fully saturated rings. The third-order valence-electron chi connectivity index (χ3n) is 6.64. The first-order valence-corrected chi connectivity index (χ1v) is 12.3. The molecule has 0 saturated carbocycles. The second-order valence-electron chi connectivity index (χ2n) is 8.64. The van der Waals surface area contributed by atoms with E-state index in [9.17, 15) is 4.79 Å². The molecule has 4 aromatic rings. The van der Waals surface area contributed by atoms with Crippen molar-refractivity contribution in [3.63, 3.8) is 0 Å². The highest BCUT2D eigenvalue weighted by Gasteiger charge is 2.34. The molecule has 1 aliphatic heterocycles. The van der Waals surface area contributed by atoms with Crippen molar-refractivity contribution >= 4 is 23.1 Å². The molecule has 0 unspecified atom stereocenters. The number of benzene rings is 2. The summed E-state index contributed by atoms with van der Waals surface area (Å²) >= 11 is 1.38. The van der Waals surface area contributed by atoms with Gasteiger partial charge in [-0.2, -0.15) is 0 Å². The molecule has 2 aromatic carbocycles. The van der Waals surface area contributed by atoms with Crippen LogP contribution in [-0.2, 0) is 6.42 Å². The SMILES string of the molecule is COc1cccc([C@H]2C3=C(N=c4s/c(=C\c5ccc(C)o5)c(=O)n42)c2ccccc2CC3)c1OC. The van der Waals surface area contributed by atoms with Crippen LogP contribution in [0.1, 0.15) is 40.7 Å². The Labute approximate surface area is 206 Å². The van der Waals surface area contributed by atoms with Gasteiger partial charge in [0.2, 0.25) is 0 Å². The van der Waals surface area contributed by atoms with Gasteiger partial charge in [0.15, 0.2) is 16.3 Å². The number of hydrogen-bond acceptors (Lipinski definition) is 6. The van der Waals surface area contributed by atoms with Crippen LogP contribution in [0.2, 0.25) is 0 Å². The van der Waals surface area contributed by atoms with Gasteiger partial charge in [-0.1, -0.05) is 47.7 Å². The average molecular weight is 485 g/mol. The first-order chi connectivity index (χ1) is 17.1. The summed E-state index contributed by atoms with van der Waals surface area (Å²) in [6.07, 6.45) is 3.50. The van der Waals surface area contributed by atoms with Crippen LogP contribution in [0.15, 0.2) is 74.4 Å². The minimum Gasteiger partial charge on any atom is -0.493 e. The minimum absolute atomic E-state index is 0.0944. The Kier molecular flexibility index (Phi) is 5.22. The maximum absolute atomic E-state index is 13.8. The summed E-state index contributed by atoms with van der Waals surface area (Å²) in [5, 5.41) is 0. The molecule has 35 heavy (non-hydrogen) atoms. The standard InChI is InChI=1S/C28H24N2O4S/c1-16-11-13-18(34-16)15-23-27(31)30-25(21-9-6-10-22(32-2)26(21)33-3)20-14-12-17-7-4-5-8-19(17)24(20)29-28(30)35-23/h4-11,13,15,25H,12,14H2,1-3H3/b23-15-/t25-/m1/s1. The molecule has 3 heterocycles. The molecule has 0 amide bonds. The lowest BCUT2D eigenvalue weighted by atomic mass is 9.83. The van der Waals surface area contributed by atoms with Crippen molar-refractivity contribution in [2.75, 3.05) is 14.2 Å². The van der Waals surface area contributed by atoms with Crippen molar-refractivity contribution in [2.24, 2.45) is 4.99 Å². The van der Waals surface area contributed by atoms with Gasteiger partial charge in [-0.3, -0.25) is 9.36 Å². The van der Waals surface area contributed by atoms with Gasteiger partial charge in [-0.25, -0.2) is 4.99 Å². The van der Waals surface area contributed by atoms with Gasteiger partial charge >= 0.3 is 0 Å². The third-order valence-corrected chi connectivity index (χ3v) is 7.62. The van der Waals surface area contributed by atoms with Gasteiger partial charge in [0, 0.05) is 17.2 Å². The van der Waals surface area contributed by atoms with Crippen molar-refractivity contribution in [2.45, 2.75) is 25.8 Å². The first kappa shape index (κ1) is 21.7. The fourth-order valence-electron chi connectivity index (χ4n) is 5.09. The molecule has 2 aliphatic rings. The molecule has 0 radical (unpaired) electrons. The first-order valence-electron chi connectivity index (χ1n) is 11.5. The summed E-state index contributed by atoms with van der Waals surface area (Å²) in [5.74, 6) is 2.71. The van der Waals surface area contributed by atoms with Crippen molar-refractivity contribution in [1.29, 1.82) is 0 Å². The van der Waals surface area contributed by atoms with Crippen molar-refractivity contribution in [1.82, 2.24) is 4.57 Å². The van der Waals surface area contributed by atoms with E-state index in [1.807, 2.05) is 43.3 Å². The predicted octanol–water partition coefficient (Wildman–Crippen LogP) is 4.24. The van der Waals surface area contributed by atoms with Crippen LogP contribution in [0.4, 0.5) is 0 Å². The Balaban J connectivity index is 1.67. The van der Waals surface area contributed by atoms with E-state index in [0.717, 1.165) is 41.0 Å². The fraction of sp³-hybridized carbons (Fsp3) is 0.214. The Morgan fingerprint density at radius 3 is 2.69 bits per heavy atom. The van der Waals surface area contributed by atoms with Crippen molar-refractivity contribution < 1.29 is 13.9 Å². The van der Waals surface area contributed by atoms with Crippen LogP contribution in [0.25, 0.3) is 11.8 Å². The molecule has 0 saturated heterocycles. The fourth-order valence-corrected chi connectivity index (χ4v) is 6.07. The second-order valence-corrected chi connectivity index (χ2v) is 9.65. The summed E-state index contributed by atoms with van der Waals surface area (Å²) in [6.45, 7) is 1.89. The Bertz CT molecular complexity index is 1670. The van der Waals surface area contributed by atoms with Gasteiger partial charge in [0.25, 0.3) is 5.56 Å². The predicted molar refractivity (Wildman–Crippen MR) is 136 cm³/mol. The number of aryl methyl sites for hydroxylation is 2. The summed E-state index contributed by atoms with van der Waals surface area (Å²) < 4.78 is 19.5. The molecule has 0 spiro atoms. The molecular weight excluding hydrogens is 460 g/mol. The number of methoxy groups -OCH3 is 2. The number of furan rings is 1. The Hall–Kier alpha value is -3.84. The summed E-state index contributed by atoms with van der Waals surface area (Å²) in [7, 11) is 3.26. The zero-order chi connectivity index (χ0) is 24.1. The Morgan fingerprint density at radius 1 is 1.06 bits per heavy atom. The van der Waals surface area contributed by atoms with Crippen LogP contribution in [0, 0.1) is 6.92 Å². The van der Waals surface area contributed by atoms with Crippen LogP contribution in [0.3, 0.4) is 0 Å². The minimum atomic E-state index is -0.347. The molecule has 0 bridgehead atoms. The molecule has 1 atom stereocenters. The number of fused-ring (bicyclic) bond motifs is 3. The zero-order valence-corrected chi connectivity index (χ0v) is 20.5. The molecule has 2 aromatic heterocycles. The second kappa shape index (κ2) is 8.43. The zero-order valence-electron chi connectivity index (χ0n) is 19.7. The number of hydrogen-bond donors (Lipinski definition) is 0. The number of thiazole rings is 1. The van der Waals surface area contributed by atoms with E-state index in [1.54, 1.807) is 24.9 Å². The Morgan fingerprint density at radius 2 is 1.91 bits per heavy atom. The highest BCUT2D eigenvalue weighted by atomic mass is 32.1. The highest BCUT2D eigenvalue weighted by Crippen LogP contribution is 2.45. The number of aromatic nitrogens is 1. The van der Waals surface area contributed by atoms with E-state index in [1.165, 1.54) is 16.9 Å². The van der Waals surface area contributed by atoms with Crippen LogP contribution < -0.4 is 24.4 Å². The summed E-state index contributed by atoms with van der Waals surface area (Å²) in [4.78, 5) is 19.5. The maximum Gasteiger partial charge on any atom is 0.271 e. The van der Waals surface area contributed by atoms with Gasteiger partial charge in [0.1, 0.15) is 11.5 Å². The third kappa shape index (κ3) is 3.46. The van der Waals surface area contributed by atoms with E-state index >= 15 is 0 Å². The van der Waals surface area contributed by atoms with E-state index < -0.39 is 0 Å². The number of allylic oxidation sites excluding steroid dienone is 1. The van der Waals surface area contributed by atoms with E-state index in [4.69, 9.17) is 18.9 Å². The molecule has 1 aliphatic carbocycles. The monoisotopic (exact) mass is 484 g/mol. The van der Waals surface area contributed by atoms with Crippen LogP contribution in [0.5, 0.6) is 11.5 Å². The molecule has 6 nitrogen and oxygen atoms in total. The van der Waals surface area contributed by atoms with E-state index in [2.05, 4.69) is 18.2 Å².